The lowest BCUT2D eigenvalue weighted by atomic mass is 9.87. The molecule has 0 radical (unpaired) electrons. The van der Waals surface area contributed by atoms with E-state index in [2.05, 4.69) is 18.1 Å². The molecule has 0 amide bonds. The van der Waals surface area contributed by atoms with Crippen LogP contribution in [0.25, 0.3) is 0 Å². The molecule has 166 valence electrons. The molecule has 2 unspecified atom stereocenters. The Bertz CT molecular complexity index is 962. The molecule has 1 aromatic rings. The van der Waals surface area contributed by atoms with Crippen LogP contribution in [0.4, 0.5) is 5.82 Å². The van der Waals surface area contributed by atoms with Gasteiger partial charge in [0.05, 0.1) is 12.7 Å². The molecule has 18 heteroatoms. The fourth-order valence-electron chi connectivity index (χ4n) is 2.90. The molecular weight excluding hydrogens is 459 g/mol. The Kier molecular flexibility index (Phi) is 6.95. The highest BCUT2D eigenvalue weighted by molar-refractivity contribution is 7.66. The third-order valence-corrected chi connectivity index (χ3v) is 8.00. The minimum atomic E-state index is -5.63. The second-order valence-electron chi connectivity index (χ2n) is 6.67. The average Bonchev–Trinajstić information content (AvgIpc) is 2.77. The Morgan fingerprint density at radius 2 is 1.86 bits per heavy atom. The fraction of sp³-hybridized carbons (Fsp3) is 0.636. The van der Waals surface area contributed by atoms with Crippen LogP contribution in [-0.4, -0.2) is 46.9 Å². The molecule has 2 rings (SSSR count). The molecule has 5 atom stereocenters. The zero-order valence-corrected chi connectivity index (χ0v) is 17.5. The first-order valence-corrected chi connectivity index (χ1v) is 12.4. The number of nitrogen functional groups attached to an aromatic ring is 1. The Morgan fingerprint density at radius 1 is 1.24 bits per heavy atom. The molecule has 1 fully saturated rings. The highest BCUT2D eigenvalue weighted by Crippen LogP contribution is 2.66. The first-order chi connectivity index (χ1) is 13.0. The number of anilines is 1. The first kappa shape index (κ1) is 24.3. The smallest absolute Gasteiger partial charge is 0.392 e. The van der Waals surface area contributed by atoms with Gasteiger partial charge in [0.15, 0.2) is 0 Å². The van der Waals surface area contributed by atoms with Crippen molar-refractivity contribution in [2.45, 2.75) is 31.9 Å². The molecular formula is C11H20N3O12P3. The third-order valence-electron chi connectivity index (χ3n) is 4.22. The summed E-state index contributed by atoms with van der Waals surface area (Å²) in [5, 5.41) is 10.3. The largest absolute Gasteiger partial charge is 0.490 e. The SMILES string of the molecule is C[C@]1(COP(=O)(O)OP(=O)(O)OP(=O)(O)O)C[C@@H](n2ccc(N)nc2=O)C[C@@H]1O. The van der Waals surface area contributed by atoms with Crippen molar-refractivity contribution in [3.05, 3.63) is 22.7 Å². The Hall–Kier alpha value is -0.950. The van der Waals surface area contributed by atoms with Crippen molar-refractivity contribution in [2.75, 3.05) is 12.3 Å². The lowest BCUT2D eigenvalue weighted by Crippen LogP contribution is -2.31. The van der Waals surface area contributed by atoms with E-state index in [0.717, 1.165) is 0 Å². The van der Waals surface area contributed by atoms with Crippen LogP contribution in [0.3, 0.4) is 0 Å². The van der Waals surface area contributed by atoms with Gasteiger partial charge in [0.25, 0.3) is 0 Å². The molecule has 1 saturated carbocycles. The van der Waals surface area contributed by atoms with Crippen molar-refractivity contribution in [1.82, 2.24) is 9.55 Å². The van der Waals surface area contributed by atoms with Crippen molar-refractivity contribution in [1.29, 1.82) is 0 Å². The van der Waals surface area contributed by atoms with Crippen LogP contribution in [0, 0.1) is 5.41 Å². The van der Waals surface area contributed by atoms with Crippen LogP contribution >= 0.6 is 23.5 Å². The summed E-state index contributed by atoms with van der Waals surface area (Å²) < 4.78 is 46.9. The van der Waals surface area contributed by atoms with Crippen molar-refractivity contribution < 1.29 is 51.5 Å². The van der Waals surface area contributed by atoms with Crippen LogP contribution in [0.5, 0.6) is 0 Å². The molecule has 1 aromatic heterocycles. The summed E-state index contributed by atoms with van der Waals surface area (Å²) in [4.78, 5) is 51.2. The molecule has 0 aliphatic heterocycles. The number of aliphatic hydroxyl groups excluding tert-OH is 1. The molecule has 0 aromatic carbocycles. The van der Waals surface area contributed by atoms with Gasteiger partial charge in [-0.15, -0.1) is 0 Å². The van der Waals surface area contributed by atoms with Gasteiger partial charge in [0.2, 0.25) is 0 Å². The second-order valence-corrected chi connectivity index (χ2v) is 11.1. The van der Waals surface area contributed by atoms with E-state index in [1.54, 1.807) is 0 Å². The quantitative estimate of drug-likeness (QED) is 0.266. The first-order valence-electron chi connectivity index (χ1n) is 7.83. The summed E-state index contributed by atoms with van der Waals surface area (Å²) in [5.74, 6) is 0.0141. The summed E-state index contributed by atoms with van der Waals surface area (Å²) in [7, 11) is -16.5. The Morgan fingerprint density at radius 3 is 2.41 bits per heavy atom. The third kappa shape index (κ3) is 6.78. The molecule has 0 saturated heterocycles. The fourth-order valence-corrected chi connectivity index (χ4v) is 6.06. The predicted molar refractivity (Wildman–Crippen MR) is 95.1 cm³/mol. The molecule has 0 spiro atoms. The molecule has 0 bridgehead atoms. The number of aromatic nitrogens is 2. The Labute approximate surface area is 163 Å². The minimum Gasteiger partial charge on any atom is -0.392 e. The monoisotopic (exact) mass is 479 g/mol. The van der Waals surface area contributed by atoms with Crippen LogP contribution < -0.4 is 11.4 Å². The standard InChI is InChI=1S/C11H20N3O12P3/c1-11(6-24-28(20,21)26-29(22,23)25-27(17,18)19)5-7(4-8(11)15)14-3-2-9(12)13-10(14)16/h2-3,7-8,15H,4-6H2,1H3,(H,20,21)(H,22,23)(H2,12,13,16)(H2,17,18,19)/t7-,8-,11+/m0/s1. The second kappa shape index (κ2) is 8.29. The number of aliphatic hydroxyl groups is 1. The molecule has 1 heterocycles. The summed E-state index contributed by atoms with van der Waals surface area (Å²) in [6.07, 6.45) is 0.442. The van der Waals surface area contributed by atoms with E-state index in [9.17, 15) is 28.5 Å². The number of hydrogen-bond acceptors (Lipinski definition) is 10. The van der Waals surface area contributed by atoms with Crippen molar-refractivity contribution in [3.8, 4) is 0 Å². The van der Waals surface area contributed by atoms with Gasteiger partial charge < -0.3 is 30.4 Å². The lowest BCUT2D eigenvalue weighted by molar-refractivity contribution is 0.0188. The van der Waals surface area contributed by atoms with E-state index in [1.165, 1.54) is 23.8 Å². The molecule has 1 aliphatic carbocycles. The molecule has 7 N–H and O–H groups in total. The van der Waals surface area contributed by atoms with E-state index < -0.39 is 53.3 Å². The number of rotatable bonds is 8. The lowest BCUT2D eigenvalue weighted by Gasteiger charge is -2.28. The van der Waals surface area contributed by atoms with Gasteiger partial charge in [-0.25, -0.2) is 18.5 Å². The van der Waals surface area contributed by atoms with Gasteiger partial charge in [-0.05, 0) is 18.9 Å². The topological polar surface area (TPSA) is 241 Å². The molecule has 1 aliphatic rings. The van der Waals surface area contributed by atoms with Gasteiger partial charge in [-0.2, -0.15) is 13.6 Å². The van der Waals surface area contributed by atoms with Crippen molar-refractivity contribution in [3.63, 3.8) is 0 Å². The van der Waals surface area contributed by atoms with E-state index in [4.69, 9.17) is 20.4 Å². The van der Waals surface area contributed by atoms with Crippen molar-refractivity contribution in [2.24, 2.45) is 5.41 Å². The normalized spacial score (nSPS) is 29.3. The van der Waals surface area contributed by atoms with E-state index >= 15 is 0 Å². The maximum atomic E-state index is 12.0. The van der Waals surface area contributed by atoms with E-state index in [-0.39, 0.29) is 18.7 Å². The van der Waals surface area contributed by atoms with Crippen LogP contribution in [0.1, 0.15) is 25.8 Å². The maximum Gasteiger partial charge on any atom is 0.490 e. The molecule has 29 heavy (non-hydrogen) atoms. The summed E-state index contributed by atoms with van der Waals surface area (Å²) in [6, 6.07) is 0.843. The van der Waals surface area contributed by atoms with Crippen molar-refractivity contribution >= 4 is 29.3 Å². The van der Waals surface area contributed by atoms with Gasteiger partial charge in [-0.1, -0.05) is 6.92 Å². The number of nitrogens with two attached hydrogens (primary N) is 1. The van der Waals surface area contributed by atoms with Gasteiger partial charge in [-0.3, -0.25) is 9.09 Å². The summed E-state index contributed by atoms with van der Waals surface area (Å²) in [5.41, 5.74) is 3.58. The average molecular weight is 479 g/mol. The number of hydrogen-bond donors (Lipinski definition) is 6. The number of phosphoric ester groups is 1. The maximum absolute atomic E-state index is 12.0. The van der Waals surface area contributed by atoms with E-state index in [0.29, 0.717) is 0 Å². The summed E-state index contributed by atoms with van der Waals surface area (Å²) in [6.45, 7) is 0.809. The van der Waals surface area contributed by atoms with Gasteiger partial charge in [0.1, 0.15) is 5.82 Å². The zero-order chi connectivity index (χ0) is 22.3. The predicted octanol–water partition coefficient (Wildman–Crippen LogP) is -0.129. The highest BCUT2D eigenvalue weighted by Gasteiger charge is 2.47. The van der Waals surface area contributed by atoms with Crippen LogP contribution in [-0.2, 0) is 26.8 Å². The molecule has 15 nitrogen and oxygen atoms in total. The minimum absolute atomic E-state index is 0.0141. The van der Waals surface area contributed by atoms with Gasteiger partial charge in [0, 0.05) is 17.7 Å². The van der Waals surface area contributed by atoms with Gasteiger partial charge >= 0.3 is 29.2 Å². The van der Waals surface area contributed by atoms with Crippen LogP contribution in [0.15, 0.2) is 17.1 Å². The zero-order valence-electron chi connectivity index (χ0n) is 14.8. The number of nitrogens with zero attached hydrogens (tertiary/aromatic N) is 2. The summed E-state index contributed by atoms with van der Waals surface area (Å²) >= 11 is 0. The van der Waals surface area contributed by atoms with E-state index in [1.807, 2.05) is 0 Å². The Balaban J connectivity index is 2.07. The highest BCUT2D eigenvalue weighted by atomic mass is 31.3. The van der Waals surface area contributed by atoms with Crippen LogP contribution in [0.2, 0.25) is 0 Å². The number of phosphoric acid groups is 3.